The number of halogens is 1. The van der Waals surface area contributed by atoms with Crippen LogP contribution in [0.5, 0.6) is 0 Å². The fourth-order valence-corrected chi connectivity index (χ4v) is 2.88. The van der Waals surface area contributed by atoms with Crippen LogP contribution in [0.3, 0.4) is 0 Å². The molecule has 1 rings (SSSR count). The van der Waals surface area contributed by atoms with Gasteiger partial charge in [0.2, 0.25) is 15.9 Å². The molecular formula is C16H26ClN3O5S. The molecule has 0 fully saturated rings. The van der Waals surface area contributed by atoms with Crippen molar-refractivity contribution >= 4 is 34.3 Å². The number of carbonyl (C=O) groups excluding carboxylic acids is 1. The minimum Gasteiger partial charge on any atom is -0.480 e. The van der Waals surface area contributed by atoms with Crippen LogP contribution in [0.25, 0.3) is 0 Å². The minimum absolute atomic E-state index is 0. The van der Waals surface area contributed by atoms with E-state index >= 15 is 0 Å². The summed E-state index contributed by atoms with van der Waals surface area (Å²) in [5.74, 6) is -1.21. The van der Waals surface area contributed by atoms with Crippen LogP contribution in [0.15, 0.2) is 29.2 Å². The highest BCUT2D eigenvalue weighted by Gasteiger charge is 2.22. The van der Waals surface area contributed by atoms with Crippen LogP contribution in [0.1, 0.15) is 25.8 Å². The van der Waals surface area contributed by atoms with Crippen molar-refractivity contribution in [3.8, 4) is 0 Å². The van der Waals surface area contributed by atoms with E-state index in [1.807, 2.05) is 6.92 Å². The summed E-state index contributed by atoms with van der Waals surface area (Å²) in [6.07, 6.45) is 1.28. The number of sulfonamides is 1. The van der Waals surface area contributed by atoms with Crippen LogP contribution >= 0.6 is 12.4 Å². The average molecular weight is 408 g/mol. The first kappa shape index (κ1) is 24.3. The smallest absolute Gasteiger partial charge is 0.317 e. The van der Waals surface area contributed by atoms with Gasteiger partial charge in [-0.15, -0.1) is 12.4 Å². The molecule has 0 bridgehead atoms. The van der Waals surface area contributed by atoms with Crippen LogP contribution in [-0.4, -0.2) is 56.0 Å². The molecule has 4 N–H and O–H groups in total. The summed E-state index contributed by atoms with van der Waals surface area (Å²) < 4.78 is 22.4. The van der Waals surface area contributed by atoms with Crippen molar-refractivity contribution in [2.24, 2.45) is 5.14 Å². The predicted octanol–water partition coefficient (Wildman–Crippen LogP) is 0.600. The highest BCUT2D eigenvalue weighted by molar-refractivity contribution is 7.89. The zero-order valence-corrected chi connectivity index (χ0v) is 16.5. The first-order valence-corrected chi connectivity index (χ1v) is 9.55. The second-order valence-electron chi connectivity index (χ2n) is 5.77. The van der Waals surface area contributed by atoms with E-state index in [1.54, 1.807) is 24.0 Å². The lowest BCUT2D eigenvalue weighted by atomic mass is 10.1. The molecule has 1 aromatic carbocycles. The van der Waals surface area contributed by atoms with Crippen LogP contribution in [-0.2, 0) is 26.0 Å². The lowest BCUT2D eigenvalue weighted by molar-refractivity contribution is -0.139. The number of primary sulfonamides is 1. The van der Waals surface area contributed by atoms with Gasteiger partial charge in [-0.3, -0.25) is 14.5 Å². The SMILES string of the molecule is CCCN(CC(=O)O)C(C)C(=O)NCCc1ccc(S(N)(=O)=O)cc1.Cl. The number of aliphatic carboxylic acids is 1. The molecule has 0 saturated heterocycles. The zero-order chi connectivity index (χ0) is 19.0. The Hall–Kier alpha value is -1.68. The molecule has 0 aliphatic rings. The molecule has 1 amide bonds. The monoisotopic (exact) mass is 407 g/mol. The van der Waals surface area contributed by atoms with Gasteiger partial charge in [0.05, 0.1) is 17.5 Å². The molecule has 0 aliphatic heterocycles. The Bertz CT molecular complexity index is 694. The van der Waals surface area contributed by atoms with Gasteiger partial charge in [0, 0.05) is 6.54 Å². The van der Waals surface area contributed by atoms with Crippen molar-refractivity contribution in [2.45, 2.75) is 37.6 Å². The molecule has 10 heteroatoms. The number of benzene rings is 1. The van der Waals surface area contributed by atoms with Crippen LogP contribution in [0, 0.1) is 0 Å². The van der Waals surface area contributed by atoms with E-state index in [9.17, 15) is 18.0 Å². The van der Waals surface area contributed by atoms with E-state index in [-0.39, 0.29) is 29.8 Å². The van der Waals surface area contributed by atoms with Crippen molar-refractivity contribution in [1.29, 1.82) is 0 Å². The standard InChI is InChI=1S/C16H25N3O5S.ClH/c1-3-10-19(11-15(20)21)12(2)16(22)18-9-8-13-4-6-14(7-5-13)25(17,23)24;/h4-7,12H,3,8-11H2,1-2H3,(H,18,22)(H,20,21)(H2,17,23,24);1H. The Balaban J connectivity index is 0.00000625. The van der Waals surface area contributed by atoms with Gasteiger partial charge in [-0.2, -0.15) is 0 Å². The highest BCUT2D eigenvalue weighted by Crippen LogP contribution is 2.09. The number of amides is 1. The molecule has 0 spiro atoms. The molecule has 8 nitrogen and oxygen atoms in total. The summed E-state index contributed by atoms with van der Waals surface area (Å²) in [5, 5.41) is 16.7. The largest absolute Gasteiger partial charge is 0.480 e. The quantitative estimate of drug-likeness (QED) is 0.520. The maximum Gasteiger partial charge on any atom is 0.317 e. The number of carboxylic acids is 1. The van der Waals surface area contributed by atoms with E-state index in [4.69, 9.17) is 10.2 Å². The van der Waals surface area contributed by atoms with Gasteiger partial charge in [-0.25, -0.2) is 13.6 Å². The molecule has 0 aromatic heterocycles. The van der Waals surface area contributed by atoms with Gasteiger partial charge >= 0.3 is 5.97 Å². The summed E-state index contributed by atoms with van der Waals surface area (Å²) in [6, 6.07) is 5.59. The van der Waals surface area contributed by atoms with E-state index in [1.165, 1.54) is 12.1 Å². The molecule has 1 aromatic rings. The van der Waals surface area contributed by atoms with Crippen LogP contribution in [0.4, 0.5) is 0 Å². The van der Waals surface area contributed by atoms with Gasteiger partial charge in [-0.05, 0) is 44.0 Å². The van der Waals surface area contributed by atoms with Gasteiger partial charge in [0.1, 0.15) is 0 Å². The number of nitrogens with zero attached hydrogens (tertiary/aromatic N) is 1. The van der Waals surface area contributed by atoms with Gasteiger partial charge < -0.3 is 10.4 Å². The first-order valence-electron chi connectivity index (χ1n) is 8.00. The van der Waals surface area contributed by atoms with Crippen molar-refractivity contribution in [2.75, 3.05) is 19.6 Å². The van der Waals surface area contributed by atoms with Crippen molar-refractivity contribution in [3.05, 3.63) is 29.8 Å². The number of rotatable bonds is 10. The summed E-state index contributed by atoms with van der Waals surface area (Å²) in [4.78, 5) is 24.7. The molecular weight excluding hydrogens is 382 g/mol. The van der Waals surface area contributed by atoms with E-state index < -0.39 is 22.0 Å². The third-order valence-corrected chi connectivity index (χ3v) is 4.67. The number of carbonyl (C=O) groups is 2. The van der Waals surface area contributed by atoms with Gasteiger partial charge in [0.15, 0.2) is 0 Å². The molecule has 26 heavy (non-hydrogen) atoms. The van der Waals surface area contributed by atoms with Crippen molar-refractivity contribution < 1.29 is 23.1 Å². The van der Waals surface area contributed by atoms with E-state index in [0.717, 1.165) is 12.0 Å². The van der Waals surface area contributed by atoms with E-state index in [0.29, 0.717) is 19.5 Å². The third kappa shape index (κ3) is 8.13. The van der Waals surface area contributed by atoms with Crippen molar-refractivity contribution in [3.63, 3.8) is 0 Å². The molecule has 1 unspecified atom stereocenters. The second kappa shape index (κ2) is 11.1. The number of nitrogens with one attached hydrogen (secondary N) is 1. The molecule has 148 valence electrons. The fourth-order valence-electron chi connectivity index (χ4n) is 2.36. The number of nitrogens with two attached hydrogens (primary N) is 1. The van der Waals surface area contributed by atoms with Crippen LogP contribution in [0.2, 0.25) is 0 Å². The Kier molecular flexibility index (Phi) is 10.4. The maximum atomic E-state index is 12.2. The summed E-state index contributed by atoms with van der Waals surface area (Å²) in [6.45, 7) is 4.30. The Morgan fingerprint density at radius 1 is 1.27 bits per heavy atom. The predicted molar refractivity (Wildman–Crippen MR) is 101 cm³/mol. The molecule has 0 heterocycles. The zero-order valence-electron chi connectivity index (χ0n) is 14.8. The second-order valence-corrected chi connectivity index (χ2v) is 7.33. The lowest BCUT2D eigenvalue weighted by Crippen LogP contribution is -2.47. The summed E-state index contributed by atoms with van der Waals surface area (Å²) >= 11 is 0. The Morgan fingerprint density at radius 2 is 1.85 bits per heavy atom. The molecule has 0 radical (unpaired) electrons. The lowest BCUT2D eigenvalue weighted by Gasteiger charge is -2.26. The first-order chi connectivity index (χ1) is 11.6. The van der Waals surface area contributed by atoms with Crippen LogP contribution < -0.4 is 10.5 Å². The van der Waals surface area contributed by atoms with Gasteiger partial charge in [0.25, 0.3) is 0 Å². The number of carboxylic acid groups (broad SMARTS) is 1. The summed E-state index contributed by atoms with van der Waals surface area (Å²) in [7, 11) is -3.71. The minimum atomic E-state index is -3.71. The average Bonchev–Trinajstić information content (AvgIpc) is 2.53. The maximum absolute atomic E-state index is 12.2. The number of hydrogen-bond donors (Lipinski definition) is 3. The molecule has 0 aliphatic carbocycles. The van der Waals surface area contributed by atoms with E-state index in [2.05, 4.69) is 5.32 Å². The normalized spacial score (nSPS) is 12.3. The fraction of sp³-hybridized carbons (Fsp3) is 0.500. The molecule has 1 atom stereocenters. The third-order valence-electron chi connectivity index (χ3n) is 3.74. The molecule has 0 saturated carbocycles. The Morgan fingerprint density at radius 3 is 2.31 bits per heavy atom. The number of hydrogen-bond acceptors (Lipinski definition) is 5. The van der Waals surface area contributed by atoms with Crippen molar-refractivity contribution in [1.82, 2.24) is 10.2 Å². The summed E-state index contributed by atoms with van der Waals surface area (Å²) in [5.41, 5.74) is 0.858. The highest BCUT2D eigenvalue weighted by atomic mass is 35.5. The topological polar surface area (TPSA) is 130 Å². The Labute approximate surface area is 160 Å². The van der Waals surface area contributed by atoms with Gasteiger partial charge in [-0.1, -0.05) is 19.1 Å².